The van der Waals surface area contributed by atoms with Crippen LogP contribution < -0.4 is 0 Å². The highest BCUT2D eigenvalue weighted by Crippen LogP contribution is 2.22. The zero-order valence-corrected chi connectivity index (χ0v) is 17.0. The highest BCUT2D eigenvalue weighted by atomic mass is 79.9. The minimum atomic E-state index is 0.167. The lowest BCUT2D eigenvalue weighted by molar-refractivity contribution is -0.137. The van der Waals surface area contributed by atoms with Crippen molar-refractivity contribution < 1.29 is 4.79 Å². The Morgan fingerprint density at radius 3 is 2.31 bits per heavy atom. The fourth-order valence-corrected chi connectivity index (χ4v) is 3.86. The second-order valence-corrected chi connectivity index (χ2v) is 7.93. The molecular formula is C22H27BrN2O. The summed E-state index contributed by atoms with van der Waals surface area (Å²) in [5.74, 6) is 0.486. The number of halogens is 1. The van der Waals surface area contributed by atoms with Crippen LogP contribution in [0.2, 0.25) is 0 Å². The van der Waals surface area contributed by atoms with Crippen molar-refractivity contribution in [2.75, 3.05) is 19.6 Å². The zero-order chi connectivity index (χ0) is 18.4. The van der Waals surface area contributed by atoms with Crippen molar-refractivity contribution in [1.82, 2.24) is 9.80 Å². The van der Waals surface area contributed by atoms with Gasteiger partial charge in [0, 0.05) is 30.0 Å². The molecule has 1 heterocycles. The Kier molecular flexibility index (Phi) is 6.86. The van der Waals surface area contributed by atoms with Crippen LogP contribution in [0.5, 0.6) is 0 Å². The molecule has 3 nitrogen and oxygen atoms in total. The van der Waals surface area contributed by atoms with Crippen molar-refractivity contribution in [2.24, 2.45) is 5.92 Å². The molecule has 0 spiro atoms. The first-order chi connectivity index (χ1) is 12.7. The first-order valence-corrected chi connectivity index (χ1v) is 10.2. The van der Waals surface area contributed by atoms with Crippen molar-refractivity contribution in [1.29, 1.82) is 0 Å². The van der Waals surface area contributed by atoms with Crippen molar-refractivity contribution in [2.45, 2.75) is 32.9 Å². The normalized spacial score (nSPS) is 15.8. The summed E-state index contributed by atoms with van der Waals surface area (Å²) in [6.45, 7) is 6.52. The molecular weight excluding hydrogens is 388 g/mol. The number of hydrogen-bond acceptors (Lipinski definition) is 2. The van der Waals surface area contributed by atoms with Gasteiger partial charge in [-0.05, 0) is 56.1 Å². The summed E-state index contributed by atoms with van der Waals surface area (Å²) in [6.07, 6.45) is 1.92. The van der Waals surface area contributed by atoms with Crippen LogP contribution in [0.3, 0.4) is 0 Å². The van der Waals surface area contributed by atoms with Gasteiger partial charge in [0.1, 0.15) is 0 Å². The van der Waals surface area contributed by atoms with Crippen molar-refractivity contribution in [3.05, 3.63) is 70.2 Å². The minimum absolute atomic E-state index is 0.167. The molecule has 1 aliphatic heterocycles. The quantitative estimate of drug-likeness (QED) is 0.682. The largest absolute Gasteiger partial charge is 0.338 e. The van der Waals surface area contributed by atoms with Gasteiger partial charge in [-0.3, -0.25) is 9.69 Å². The maximum Gasteiger partial charge on any atom is 0.226 e. The zero-order valence-electron chi connectivity index (χ0n) is 15.4. The summed E-state index contributed by atoms with van der Waals surface area (Å²) in [6, 6.07) is 18.8. The molecule has 0 atom stereocenters. The van der Waals surface area contributed by atoms with Crippen LogP contribution in [0.15, 0.2) is 59.1 Å². The third-order valence-corrected chi connectivity index (χ3v) is 5.69. The summed E-state index contributed by atoms with van der Waals surface area (Å²) in [5.41, 5.74) is 2.53. The lowest BCUT2D eigenvalue weighted by Gasteiger charge is -2.34. The molecule has 1 saturated heterocycles. The van der Waals surface area contributed by atoms with E-state index in [1.54, 1.807) is 0 Å². The molecule has 0 N–H and O–H groups in total. The van der Waals surface area contributed by atoms with E-state index < -0.39 is 0 Å². The Morgan fingerprint density at radius 2 is 1.69 bits per heavy atom. The highest BCUT2D eigenvalue weighted by molar-refractivity contribution is 9.10. The van der Waals surface area contributed by atoms with E-state index in [0.717, 1.165) is 50.0 Å². The van der Waals surface area contributed by atoms with Gasteiger partial charge in [0.05, 0.1) is 0 Å². The molecule has 0 aliphatic carbocycles. The third kappa shape index (κ3) is 5.18. The third-order valence-electron chi connectivity index (χ3n) is 5.17. The van der Waals surface area contributed by atoms with Crippen LogP contribution in [-0.4, -0.2) is 35.3 Å². The Balaban J connectivity index is 1.51. The van der Waals surface area contributed by atoms with Gasteiger partial charge in [0.2, 0.25) is 5.91 Å². The van der Waals surface area contributed by atoms with E-state index >= 15 is 0 Å². The van der Waals surface area contributed by atoms with E-state index in [9.17, 15) is 4.79 Å². The molecule has 2 aromatic rings. The predicted octanol–water partition coefficient (Wildman–Crippen LogP) is 4.71. The van der Waals surface area contributed by atoms with E-state index in [2.05, 4.69) is 64.2 Å². The van der Waals surface area contributed by atoms with E-state index in [4.69, 9.17) is 0 Å². The molecule has 1 fully saturated rings. The summed E-state index contributed by atoms with van der Waals surface area (Å²) in [4.78, 5) is 17.4. The number of likely N-dealkylation sites (tertiary alicyclic amines) is 1. The van der Waals surface area contributed by atoms with Gasteiger partial charge in [0.25, 0.3) is 0 Å². The molecule has 2 aromatic carbocycles. The van der Waals surface area contributed by atoms with Crippen molar-refractivity contribution in [3.8, 4) is 0 Å². The Morgan fingerprint density at radius 1 is 1.04 bits per heavy atom. The monoisotopic (exact) mass is 414 g/mol. The smallest absolute Gasteiger partial charge is 0.226 e. The predicted molar refractivity (Wildman–Crippen MR) is 110 cm³/mol. The van der Waals surface area contributed by atoms with E-state index in [0.29, 0.717) is 5.91 Å². The van der Waals surface area contributed by atoms with Crippen LogP contribution in [0.1, 0.15) is 30.9 Å². The fraction of sp³-hybridized carbons (Fsp3) is 0.409. The van der Waals surface area contributed by atoms with Crippen LogP contribution in [-0.2, 0) is 17.9 Å². The van der Waals surface area contributed by atoms with Gasteiger partial charge in [0.15, 0.2) is 0 Å². The average molecular weight is 415 g/mol. The molecule has 1 aliphatic rings. The van der Waals surface area contributed by atoms with Crippen LogP contribution in [0, 0.1) is 5.92 Å². The highest BCUT2D eigenvalue weighted by Gasteiger charge is 2.28. The summed E-state index contributed by atoms with van der Waals surface area (Å²) >= 11 is 3.48. The Bertz CT molecular complexity index is 694. The number of carbonyl (C=O) groups excluding carboxylic acids is 1. The Labute approximate surface area is 165 Å². The maximum atomic E-state index is 12.9. The minimum Gasteiger partial charge on any atom is -0.338 e. The van der Waals surface area contributed by atoms with Gasteiger partial charge in [-0.25, -0.2) is 0 Å². The van der Waals surface area contributed by atoms with E-state index in [1.165, 1.54) is 11.1 Å². The lowest BCUT2D eigenvalue weighted by atomic mass is 9.94. The summed E-state index contributed by atoms with van der Waals surface area (Å²) in [7, 11) is 0. The lowest BCUT2D eigenvalue weighted by Crippen LogP contribution is -2.42. The number of rotatable bonds is 6. The van der Waals surface area contributed by atoms with Gasteiger partial charge >= 0.3 is 0 Å². The maximum absolute atomic E-state index is 12.9. The van der Waals surface area contributed by atoms with Gasteiger partial charge in [-0.2, -0.15) is 0 Å². The standard InChI is InChI=1S/C22H27BrN2O/c1-2-25(17-18-6-4-3-5-7-18)22(26)20-12-14-24(15-13-20)16-19-8-10-21(23)11-9-19/h3-11,20H,2,12-17H2,1H3. The van der Waals surface area contributed by atoms with Crippen LogP contribution in [0.25, 0.3) is 0 Å². The second kappa shape index (κ2) is 9.33. The first-order valence-electron chi connectivity index (χ1n) is 9.45. The van der Waals surface area contributed by atoms with E-state index in [-0.39, 0.29) is 5.92 Å². The van der Waals surface area contributed by atoms with Crippen LogP contribution >= 0.6 is 15.9 Å². The van der Waals surface area contributed by atoms with Gasteiger partial charge in [-0.15, -0.1) is 0 Å². The molecule has 3 rings (SSSR count). The number of benzene rings is 2. The molecule has 0 radical (unpaired) electrons. The average Bonchev–Trinajstić information content (AvgIpc) is 2.69. The molecule has 26 heavy (non-hydrogen) atoms. The van der Waals surface area contributed by atoms with E-state index in [1.807, 2.05) is 23.1 Å². The topological polar surface area (TPSA) is 23.6 Å². The molecule has 0 bridgehead atoms. The van der Waals surface area contributed by atoms with Crippen molar-refractivity contribution >= 4 is 21.8 Å². The first kappa shape index (κ1) is 19.1. The number of piperidine rings is 1. The fourth-order valence-electron chi connectivity index (χ4n) is 3.59. The van der Waals surface area contributed by atoms with Crippen LogP contribution in [0.4, 0.5) is 0 Å². The van der Waals surface area contributed by atoms with Gasteiger partial charge in [-0.1, -0.05) is 58.4 Å². The molecule has 1 amide bonds. The molecule has 0 unspecified atom stereocenters. The number of nitrogens with zero attached hydrogens (tertiary/aromatic N) is 2. The molecule has 4 heteroatoms. The number of hydrogen-bond donors (Lipinski definition) is 0. The molecule has 138 valence electrons. The molecule has 0 aromatic heterocycles. The summed E-state index contributed by atoms with van der Waals surface area (Å²) in [5, 5.41) is 0. The van der Waals surface area contributed by atoms with Crippen molar-refractivity contribution in [3.63, 3.8) is 0 Å². The Hall–Kier alpha value is -1.65. The molecule has 0 saturated carbocycles. The summed E-state index contributed by atoms with van der Waals surface area (Å²) < 4.78 is 1.11. The SMILES string of the molecule is CCN(Cc1ccccc1)C(=O)C1CCN(Cc2ccc(Br)cc2)CC1. The second-order valence-electron chi connectivity index (χ2n) is 7.01. The van der Waals surface area contributed by atoms with Gasteiger partial charge < -0.3 is 4.90 Å². The number of amides is 1. The number of carbonyl (C=O) groups is 1.